The van der Waals surface area contributed by atoms with Crippen molar-refractivity contribution >= 4 is 28.7 Å². The lowest BCUT2D eigenvalue weighted by atomic mass is 10.0. The first-order valence-electron chi connectivity index (χ1n) is 13.2. The van der Waals surface area contributed by atoms with Gasteiger partial charge >= 0.3 is 6.03 Å². The van der Waals surface area contributed by atoms with E-state index in [0.29, 0.717) is 18.0 Å². The van der Waals surface area contributed by atoms with Gasteiger partial charge in [-0.3, -0.25) is 4.79 Å². The highest BCUT2D eigenvalue weighted by molar-refractivity contribution is 5.98. The number of carbonyl (C=O) groups excluding carboxylic acids is 2. The number of hydrogen-bond donors (Lipinski definition) is 3. The van der Waals surface area contributed by atoms with Crippen LogP contribution < -0.4 is 10.6 Å². The number of para-hydroxylation sites is 1. The molecule has 2 fully saturated rings. The van der Waals surface area contributed by atoms with Crippen molar-refractivity contribution in [3.05, 3.63) is 58.9 Å². The van der Waals surface area contributed by atoms with Crippen LogP contribution in [0.15, 0.2) is 36.4 Å². The molecule has 0 spiro atoms. The molecule has 1 aromatic heterocycles. The standard InChI is InChI=1S/C28H34N6O2/c1-18-16-21(17-24-25(18)32-26(30-24)20-6-7-20)27(35)29-11-15-33-12-9-22(10-13-33)34-14-8-19-4-2-3-5-23(19)31-28(34)36/h2-5,16-17,20,22H,6-15H2,1H3,(H,29,35)(H,30,32)(H,31,36). The van der Waals surface area contributed by atoms with Crippen molar-refractivity contribution in [3.63, 3.8) is 0 Å². The van der Waals surface area contributed by atoms with Gasteiger partial charge in [0.2, 0.25) is 0 Å². The van der Waals surface area contributed by atoms with Gasteiger partial charge in [-0.2, -0.15) is 0 Å². The first-order chi connectivity index (χ1) is 17.5. The second-order valence-electron chi connectivity index (χ2n) is 10.4. The van der Waals surface area contributed by atoms with Gasteiger partial charge in [0.1, 0.15) is 5.82 Å². The van der Waals surface area contributed by atoms with E-state index >= 15 is 0 Å². The lowest BCUT2D eigenvalue weighted by molar-refractivity contribution is 0.0937. The van der Waals surface area contributed by atoms with Crippen molar-refractivity contribution in [2.24, 2.45) is 0 Å². The molecule has 0 atom stereocenters. The van der Waals surface area contributed by atoms with Gasteiger partial charge in [-0.15, -0.1) is 0 Å². The molecule has 3 heterocycles. The number of amides is 3. The van der Waals surface area contributed by atoms with Crippen LogP contribution in [0, 0.1) is 6.92 Å². The van der Waals surface area contributed by atoms with E-state index in [1.54, 1.807) is 0 Å². The summed E-state index contributed by atoms with van der Waals surface area (Å²) >= 11 is 0. The molecule has 1 saturated carbocycles. The number of piperidine rings is 1. The van der Waals surface area contributed by atoms with E-state index in [1.165, 1.54) is 18.4 Å². The molecule has 3 aliphatic rings. The van der Waals surface area contributed by atoms with Crippen molar-refractivity contribution in [1.82, 2.24) is 25.1 Å². The quantitative estimate of drug-likeness (QED) is 0.490. The number of fused-ring (bicyclic) bond motifs is 2. The van der Waals surface area contributed by atoms with Gasteiger partial charge < -0.3 is 25.4 Å². The van der Waals surface area contributed by atoms with Crippen LogP contribution in [0.25, 0.3) is 11.0 Å². The van der Waals surface area contributed by atoms with Gasteiger partial charge in [0, 0.05) is 55.9 Å². The van der Waals surface area contributed by atoms with Crippen LogP contribution in [0.1, 0.15) is 58.9 Å². The number of likely N-dealkylation sites (tertiary alicyclic amines) is 1. The van der Waals surface area contributed by atoms with E-state index in [0.717, 1.165) is 73.6 Å². The summed E-state index contributed by atoms with van der Waals surface area (Å²) in [4.78, 5) is 38.2. The SMILES string of the molecule is Cc1cc(C(=O)NCCN2CCC(N3CCc4ccccc4NC3=O)CC2)cc2[nH]c(C3CC3)nc12. The molecule has 188 valence electrons. The van der Waals surface area contributed by atoms with Crippen LogP contribution in [-0.2, 0) is 6.42 Å². The zero-order valence-electron chi connectivity index (χ0n) is 20.8. The Morgan fingerprint density at radius 2 is 1.92 bits per heavy atom. The average Bonchev–Trinajstić information content (AvgIpc) is 3.66. The van der Waals surface area contributed by atoms with Crippen LogP contribution in [-0.4, -0.2) is 70.5 Å². The number of urea groups is 1. The molecule has 6 rings (SSSR count). The Labute approximate surface area is 211 Å². The number of H-pyrrole nitrogens is 1. The first kappa shape index (κ1) is 23.0. The summed E-state index contributed by atoms with van der Waals surface area (Å²) in [6.07, 6.45) is 5.19. The maximum absolute atomic E-state index is 12.8. The van der Waals surface area contributed by atoms with E-state index in [1.807, 2.05) is 42.2 Å². The fraction of sp³-hybridized carbons (Fsp3) is 0.464. The third-order valence-electron chi connectivity index (χ3n) is 7.88. The number of benzene rings is 2. The molecule has 1 saturated heterocycles. The third kappa shape index (κ3) is 4.69. The number of anilines is 1. The van der Waals surface area contributed by atoms with E-state index in [9.17, 15) is 9.59 Å². The highest BCUT2D eigenvalue weighted by atomic mass is 16.2. The largest absolute Gasteiger partial charge is 0.351 e. The summed E-state index contributed by atoms with van der Waals surface area (Å²) in [5.74, 6) is 1.57. The Kier molecular flexibility index (Phi) is 6.13. The Morgan fingerprint density at radius 3 is 2.72 bits per heavy atom. The minimum Gasteiger partial charge on any atom is -0.351 e. The zero-order valence-corrected chi connectivity index (χ0v) is 20.8. The third-order valence-corrected chi connectivity index (χ3v) is 7.88. The van der Waals surface area contributed by atoms with Gasteiger partial charge in [0.25, 0.3) is 5.91 Å². The van der Waals surface area contributed by atoms with Crippen molar-refractivity contribution in [3.8, 4) is 0 Å². The number of nitrogens with zero attached hydrogens (tertiary/aromatic N) is 3. The van der Waals surface area contributed by atoms with Crippen molar-refractivity contribution < 1.29 is 9.59 Å². The van der Waals surface area contributed by atoms with E-state index in [2.05, 4.69) is 26.6 Å². The second-order valence-corrected chi connectivity index (χ2v) is 10.4. The monoisotopic (exact) mass is 486 g/mol. The molecular weight excluding hydrogens is 452 g/mol. The van der Waals surface area contributed by atoms with Gasteiger partial charge in [-0.05, 0) is 68.4 Å². The van der Waals surface area contributed by atoms with Crippen LogP contribution in [0.5, 0.6) is 0 Å². The molecule has 1 aliphatic carbocycles. The summed E-state index contributed by atoms with van der Waals surface area (Å²) < 4.78 is 0. The highest BCUT2D eigenvalue weighted by Crippen LogP contribution is 2.39. The van der Waals surface area contributed by atoms with Gasteiger partial charge in [-0.25, -0.2) is 9.78 Å². The summed E-state index contributed by atoms with van der Waals surface area (Å²) in [5, 5.41) is 6.18. The van der Waals surface area contributed by atoms with Crippen LogP contribution in [0.3, 0.4) is 0 Å². The Hall–Kier alpha value is -3.39. The topological polar surface area (TPSA) is 93.4 Å². The fourth-order valence-electron chi connectivity index (χ4n) is 5.61. The molecule has 0 bridgehead atoms. The van der Waals surface area contributed by atoms with E-state index in [4.69, 9.17) is 4.98 Å². The highest BCUT2D eigenvalue weighted by Gasteiger charge is 2.30. The number of nitrogens with one attached hydrogen (secondary N) is 3. The Morgan fingerprint density at radius 1 is 1.11 bits per heavy atom. The Bertz CT molecular complexity index is 1290. The molecule has 3 aromatic rings. The summed E-state index contributed by atoms with van der Waals surface area (Å²) in [7, 11) is 0. The molecule has 0 unspecified atom stereocenters. The second kappa shape index (κ2) is 9.58. The molecule has 8 nitrogen and oxygen atoms in total. The molecular formula is C28H34N6O2. The molecule has 3 N–H and O–H groups in total. The van der Waals surface area contributed by atoms with E-state index < -0.39 is 0 Å². The minimum absolute atomic E-state index is 0.0134. The molecule has 2 aliphatic heterocycles. The Balaban J connectivity index is 0.986. The molecule has 8 heteroatoms. The summed E-state index contributed by atoms with van der Waals surface area (Å²) in [5.41, 5.74) is 5.76. The van der Waals surface area contributed by atoms with Gasteiger partial charge in [0.15, 0.2) is 0 Å². The minimum atomic E-state index is -0.0433. The van der Waals surface area contributed by atoms with Crippen LogP contribution in [0.2, 0.25) is 0 Å². The lowest BCUT2D eigenvalue weighted by Gasteiger charge is -2.38. The molecule has 3 amide bonds. The molecule has 36 heavy (non-hydrogen) atoms. The normalized spacial score (nSPS) is 19.1. The van der Waals surface area contributed by atoms with E-state index in [-0.39, 0.29) is 18.0 Å². The smallest absolute Gasteiger partial charge is 0.322 e. The van der Waals surface area contributed by atoms with Gasteiger partial charge in [0.05, 0.1) is 11.0 Å². The number of imidazole rings is 1. The molecule has 0 radical (unpaired) electrons. The van der Waals surface area contributed by atoms with Crippen molar-refractivity contribution in [1.29, 1.82) is 0 Å². The average molecular weight is 487 g/mol. The number of aromatic nitrogens is 2. The van der Waals surface area contributed by atoms with Gasteiger partial charge in [-0.1, -0.05) is 18.2 Å². The zero-order chi connectivity index (χ0) is 24.6. The van der Waals surface area contributed by atoms with Crippen molar-refractivity contribution in [2.75, 3.05) is 38.0 Å². The number of hydrogen-bond acceptors (Lipinski definition) is 4. The maximum Gasteiger partial charge on any atom is 0.322 e. The molecule has 2 aromatic carbocycles. The fourth-order valence-corrected chi connectivity index (χ4v) is 5.61. The summed E-state index contributed by atoms with van der Waals surface area (Å²) in [6.45, 7) is 6.06. The van der Waals surface area contributed by atoms with Crippen molar-refractivity contribution in [2.45, 2.75) is 51.0 Å². The number of rotatable bonds is 6. The predicted molar refractivity (Wildman–Crippen MR) is 140 cm³/mol. The number of carbonyl (C=O) groups is 2. The summed E-state index contributed by atoms with van der Waals surface area (Å²) in [6, 6.07) is 12.2. The number of aryl methyl sites for hydroxylation is 1. The first-order valence-corrected chi connectivity index (χ1v) is 13.2. The van der Waals surface area contributed by atoms with Crippen LogP contribution >= 0.6 is 0 Å². The van der Waals surface area contributed by atoms with Crippen LogP contribution in [0.4, 0.5) is 10.5 Å². The maximum atomic E-state index is 12.8. The predicted octanol–water partition coefficient (Wildman–Crippen LogP) is 4.03. The lowest BCUT2D eigenvalue weighted by Crippen LogP contribution is -2.49. The number of aromatic amines is 1.